The Hall–Kier alpha value is -1.03. The lowest BCUT2D eigenvalue weighted by Crippen LogP contribution is -2.07. The van der Waals surface area contributed by atoms with Gasteiger partial charge in [-0.1, -0.05) is 15.9 Å². The molecule has 1 aliphatic rings. The molecule has 4 heteroatoms. The van der Waals surface area contributed by atoms with E-state index < -0.39 is 0 Å². The molecule has 0 atom stereocenters. The molecule has 1 aromatic carbocycles. The largest absolute Gasteiger partial charge is 0.496 e. The molecule has 0 radical (unpaired) electrons. The molecular formula is C12H13BrO3. The second kappa shape index (κ2) is 4.45. The van der Waals surface area contributed by atoms with Crippen LogP contribution in [0.5, 0.6) is 5.75 Å². The van der Waals surface area contributed by atoms with Gasteiger partial charge in [-0.2, -0.15) is 0 Å². The van der Waals surface area contributed by atoms with Crippen LogP contribution in [-0.4, -0.2) is 20.2 Å². The minimum atomic E-state index is -0.354. The summed E-state index contributed by atoms with van der Waals surface area (Å²) in [6, 6.07) is 1.79. The molecule has 0 bridgehead atoms. The maximum Gasteiger partial charge on any atom is 0.341 e. The molecule has 0 aliphatic heterocycles. The van der Waals surface area contributed by atoms with Crippen LogP contribution in [0.15, 0.2) is 10.5 Å². The summed E-state index contributed by atoms with van der Waals surface area (Å²) in [5, 5.41) is 0. The van der Waals surface area contributed by atoms with E-state index in [-0.39, 0.29) is 5.97 Å². The summed E-state index contributed by atoms with van der Waals surface area (Å²) >= 11 is 3.50. The van der Waals surface area contributed by atoms with Gasteiger partial charge in [-0.15, -0.1) is 0 Å². The van der Waals surface area contributed by atoms with Gasteiger partial charge in [-0.25, -0.2) is 4.79 Å². The number of methoxy groups -OCH3 is 2. The average Bonchev–Trinajstić information content (AvgIpc) is 2.77. The standard InChI is InChI=1S/C12H13BrO3/c1-15-11-8-5-3-4-7(8)10(13)6-9(11)12(14)16-2/h6H,3-5H2,1-2H3. The summed E-state index contributed by atoms with van der Waals surface area (Å²) in [6.07, 6.45) is 3.10. The highest BCUT2D eigenvalue weighted by Crippen LogP contribution is 2.38. The molecular weight excluding hydrogens is 272 g/mol. The van der Waals surface area contributed by atoms with E-state index in [1.807, 2.05) is 0 Å². The molecule has 16 heavy (non-hydrogen) atoms. The summed E-state index contributed by atoms with van der Waals surface area (Å²) < 4.78 is 11.1. The number of ether oxygens (including phenoxy) is 2. The molecule has 0 aromatic heterocycles. The lowest BCUT2D eigenvalue weighted by atomic mass is 10.0. The maximum atomic E-state index is 11.6. The molecule has 3 nitrogen and oxygen atoms in total. The Morgan fingerprint density at radius 2 is 2.00 bits per heavy atom. The van der Waals surface area contributed by atoms with Crippen LogP contribution in [0, 0.1) is 0 Å². The Morgan fingerprint density at radius 1 is 1.31 bits per heavy atom. The Labute approximate surface area is 103 Å². The zero-order chi connectivity index (χ0) is 11.7. The molecule has 0 amide bonds. The highest BCUT2D eigenvalue weighted by atomic mass is 79.9. The highest BCUT2D eigenvalue weighted by Gasteiger charge is 2.24. The monoisotopic (exact) mass is 284 g/mol. The third-order valence-electron chi connectivity index (χ3n) is 2.91. The molecule has 0 fully saturated rings. The fourth-order valence-electron chi connectivity index (χ4n) is 2.19. The smallest absolute Gasteiger partial charge is 0.341 e. The molecule has 0 saturated heterocycles. The number of carbonyl (C=O) groups is 1. The van der Waals surface area contributed by atoms with Crippen LogP contribution in [0.1, 0.15) is 27.9 Å². The van der Waals surface area contributed by atoms with Crippen LogP contribution in [0.25, 0.3) is 0 Å². The summed E-state index contributed by atoms with van der Waals surface area (Å²) in [5.74, 6) is 0.315. The van der Waals surface area contributed by atoms with Crippen molar-refractivity contribution in [3.63, 3.8) is 0 Å². The Morgan fingerprint density at radius 3 is 2.62 bits per heavy atom. The number of esters is 1. The van der Waals surface area contributed by atoms with Crippen LogP contribution in [0.4, 0.5) is 0 Å². The first-order valence-corrected chi connectivity index (χ1v) is 5.95. The number of fused-ring (bicyclic) bond motifs is 1. The number of rotatable bonds is 2. The molecule has 0 heterocycles. The van der Waals surface area contributed by atoms with Gasteiger partial charge < -0.3 is 9.47 Å². The molecule has 1 aliphatic carbocycles. The van der Waals surface area contributed by atoms with Crippen molar-refractivity contribution in [2.24, 2.45) is 0 Å². The van der Waals surface area contributed by atoms with Gasteiger partial charge in [0.25, 0.3) is 0 Å². The van der Waals surface area contributed by atoms with Crippen molar-refractivity contribution < 1.29 is 14.3 Å². The molecule has 0 N–H and O–H groups in total. The third kappa shape index (κ3) is 1.71. The molecule has 1 aromatic rings. The summed E-state index contributed by atoms with van der Waals surface area (Å²) in [4.78, 5) is 11.6. The van der Waals surface area contributed by atoms with Crippen LogP contribution < -0.4 is 4.74 Å². The van der Waals surface area contributed by atoms with Crippen molar-refractivity contribution in [1.82, 2.24) is 0 Å². The van der Waals surface area contributed by atoms with E-state index in [0.29, 0.717) is 11.3 Å². The third-order valence-corrected chi connectivity index (χ3v) is 3.61. The summed E-state index contributed by atoms with van der Waals surface area (Å²) in [7, 11) is 2.97. The molecule has 2 rings (SSSR count). The van der Waals surface area contributed by atoms with E-state index in [1.54, 1.807) is 13.2 Å². The fourth-order valence-corrected chi connectivity index (χ4v) is 2.86. The van der Waals surface area contributed by atoms with Gasteiger partial charge in [-0.05, 0) is 36.5 Å². The van der Waals surface area contributed by atoms with Crippen molar-refractivity contribution in [3.05, 3.63) is 27.2 Å². The van der Waals surface area contributed by atoms with E-state index in [2.05, 4.69) is 15.9 Å². The number of halogens is 1. The van der Waals surface area contributed by atoms with Gasteiger partial charge in [0.15, 0.2) is 0 Å². The summed E-state index contributed by atoms with van der Waals surface area (Å²) in [6.45, 7) is 0. The van der Waals surface area contributed by atoms with Gasteiger partial charge in [0, 0.05) is 4.47 Å². The van der Waals surface area contributed by atoms with Crippen LogP contribution >= 0.6 is 15.9 Å². The first-order valence-electron chi connectivity index (χ1n) is 5.15. The van der Waals surface area contributed by atoms with E-state index in [9.17, 15) is 4.79 Å². The number of benzene rings is 1. The predicted octanol–water partition coefficient (Wildman–Crippen LogP) is 2.73. The SMILES string of the molecule is COC(=O)c1cc(Br)c2c(c1OC)CCC2. The Kier molecular flexibility index (Phi) is 3.19. The molecule has 0 spiro atoms. The highest BCUT2D eigenvalue weighted by molar-refractivity contribution is 9.10. The minimum Gasteiger partial charge on any atom is -0.496 e. The number of carbonyl (C=O) groups excluding carboxylic acids is 1. The van der Waals surface area contributed by atoms with Gasteiger partial charge in [-0.3, -0.25) is 0 Å². The van der Waals surface area contributed by atoms with Crippen molar-refractivity contribution in [3.8, 4) is 5.75 Å². The van der Waals surface area contributed by atoms with Crippen LogP contribution in [-0.2, 0) is 17.6 Å². The molecule has 86 valence electrons. The molecule has 0 unspecified atom stereocenters. The number of hydrogen-bond donors (Lipinski definition) is 0. The topological polar surface area (TPSA) is 35.5 Å². The Bertz CT molecular complexity index is 440. The normalized spacial score (nSPS) is 13.4. The van der Waals surface area contributed by atoms with Gasteiger partial charge >= 0.3 is 5.97 Å². The lowest BCUT2D eigenvalue weighted by Gasteiger charge is -2.13. The second-order valence-electron chi connectivity index (χ2n) is 3.74. The van der Waals surface area contributed by atoms with Crippen molar-refractivity contribution in [2.75, 3.05) is 14.2 Å². The van der Waals surface area contributed by atoms with E-state index >= 15 is 0 Å². The maximum absolute atomic E-state index is 11.6. The fraction of sp³-hybridized carbons (Fsp3) is 0.417. The number of hydrogen-bond acceptors (Lipinski definition) is 3. The predicted molar refractivity (Wildman–Crippen MR) is 64.1 cm³/mol. The van der Waals surface area contributed by atoms with Crippen LogP contribution in [0.2, 0.25) is 0 Å². The van der Waals surface area contributed by atoms with Crippen molar-refractivity contribution >= 4 is 21.9 Å². The van der Waals surface area contributed by atoms with Crippen molar-refractivity contribution in [1.29, 1.82) is 0 Å². The Balaban J connectivity index is 2.62. The first kappa shape index (κ1) is 11.5. The lowest BCUT2D eigenvalue weighted by molar-refractivity contribution is 0.0597. The van der Waals surface area contributed by atoms with Crippen LogP contribution in [0.3, 0.4) is 0 Å². The summed E-state index contributed by atoms with van der Waals surface area (Å²) in [5.41, 5.74) is 2.89. The molecule has 0 saturated carbocycles. The zero-order valence-electron chi connectivity index (χ0n) is 9.30. The van der Waals surface area contributed by atoms with E-state index in [1.165, 1.54) is 12.7 Å². The van der Waals surface area contributed by atoms with Gasteiger partial charge in [0.05, 0.1) is 14.2 Å². The quantitative estimate of drug-likeness (QED) is 0.784. The van der Waals surface area contributed by atoms with E-state index in [0.717, 1.165) is 29.3 Å². The van der Waals surface area contributed by atoms with E-state index in [4.69, 9.17) is 9.47 Å². The minimum absolute atomic E-state index is 0.354. The van der Waals surface area contributed by atoms with Crippen molar-refractivity contribution in [2.45, 2.75) is 19.3 Å². The first-order chi connectivity index (χ1) is 7.69. The zero-order valence-corrected chi connectivity index (χ0v) is 10.9. The van der Waals surface area contributed by atoms with Gasteiger partial charge in [0.1, 0.15) is 11.3 Å². The second-order valence-corrected chi connectivity index (χ2v) is 4.60. The average molecular weight is 285 g/mol. The van der Waals surface area contributed by atoms with Gasteiger partial charge in [0.2, 0.25) is 0 Å².